The van der Waals surface area contributed by atoms with Gasteiger partial charge >= 0.3 is 6.18 Å². The highest BCUT2D eigenvalue weighted by Gasteiger charge is 2.27. The highest BCUT2D eigenvalue weighted by Crippen LogP contribution is 2.19. The molecule has 0 bridgehead atoms. The highest BCUT2D eigenvalue weighted by molar-refractivity contribution is 14.0. The van der Waals surface area contributed by atoms with Crippen LogP contribution in [0.15, 0.2) is 29.3 Å². The average molecular weight is 505 g/mol. The van der Waals surface area contributed by atoms with Gasteiger partial charge in [0.05, 0.1) is 6.61 Å². The lowest BCUT2D eigenvalue weighted by Crippen LogP contribution is -2.42. The van der Waals surface area contributed by atoms with Crippen molar-refractivity contribution in [1.29, 1.82) is 0 Å². The van der Waals surface area contributed by atoms with E-state index in [0.717, 1.165) is 12.1 Å². The van der Waals surface area contributed by atoms with Crippen LogP contribution in [0.25, 0.3) is 0 Å². The third-order valence-electron chi connectivity index (χ3n) is 3.44. The molecule has 4 nitrogen and oxygen atoms in total. The number of alkyl halides is 3. The third-order valence-corrected chi connectivity index (χ3v) is 4.69. The number of aliphatic imine (C=N–C) groups is 1. The number of nitrogens with zero attached hydrogens (tertiary/aromatic N) is 1. The zero-order valence-electron chi connectivity index (χ0n) is 15.4. The standard InChI is InChI=1S/C17H26F3N3OS.HI/c1-16(2,25-4)11-23-15(21-3)22-9-13-6-5-7-14(8-13)10-24-12-17(18,19)20;/h5-8H,9-12H2,1-4H3,(H2,21,22,23);1H. The second-order valence-corrected chi connectivity index (χ2v) is 7.68. The van der Waals surface area contributed by atoms with Gasteiger partial charge in [-0.3, -0.25) is 4.99 Å². The molecule has 0 saturated heterocycles. The first-order valence-corrected chi connectivity index (χ1v) is 9.09. The van der Waals surface area contributed by atoms with Crippen LogP contribution in [0.4, 0.5) is 13.2 Å². The Morgan fingerprint density at radius 2 is 1.85 bits per heavy atom. The molecule has 2 N–H and O–H groups in total. The minimum absolute atomic E-state index is 0. The topological polar surface area (TPSA) is 45.7 Å². The maximum atomic E-state index is 12.1. The monoisotopic (exact) mass is 505 g/mol. The quantitative estimate of drug-likeness (QED) is 0.316. The minimum atomic E-state index is -4.30. The summed E-state index contributed by atoms with van der Waals surface area (Å²) in [5.74, 6) is 0.681. The number of guanidine groups is 1. The van der Waals surface area contributed by atoms with E-state index in [2.05, 4.69) is 35.7 Å². The van der Waals surface area contributed by atoms with E-state index < -0.39 is 12.8 Å². The van der Waals surface area contributed by atoms with E-state index in [1.54, 1.807) is 30.9 Å². The average Bonchev–Trinajstić information content (AvgIpc) is 2.54. The summed E-state index contributed by atoms with van der Waals surface area (Å²) in [6.45, 7) is 4.26. The summed E-state index contributed by atoms with van der Waals surface area (Å²) in [4.78, 5) is 4.18. The smallest absolute Gasteiger partial charge is 0.367 e. The van der Waals surface area contributed by atoms with Crippen molar-refractivity contribution < 1.29 is 17.9 Å². The Labute approximate surface area is 174 Å². The number of halogens is 4. The minimum Gasteiger partial charge on any atom is -0.367 e. The van der Waals surface area contributed by atoms with Crippen LogP contribution in [-0.2, 0) is 17.9 Å². The Balaban J connectivity index is 0.00000625. The number of thioether (sulfide) groups is 1. The van der Waals surface area contributed by atoms with E-state index in [4.69, 9.17) is 4.74 Å². The molecule has 1 aromatic carbocycles. The van der Waals surface area contributed by atoms with Gasteiger partial charge in [0.15, 0.2) is 5.96 Å². The Bertz CT molecular complexity index is 568. The van der Waals surface area contributed by atoms with E-state index in [9.17, 15) is 13.2 Å². The molecule has 0 spiro atoms. The third kappa shape index (κ3) is 11.1. The van der Waals surface area contributed by atoms with Crippen LogP contribution in [0.3, 0.4) is 0 Å². The van der Waals surface area contributed by atoms with Gasteiger partial charge in [-0.1, -0.05) is 24.3 Å². The van der Waals surface area contributed by atoms with Gasteiger partial charge < -0.3 is 15.4 Å². The highest BCUT2D eigenvalue weighted by atomic mass is 127. The van der Waals surface area contributed by atoms with Crippen LogP contribution >= 0.6 is 35.7 Å². The van der Waals surface area contributed by atoms with Crippen LogP contribution < -0.4 is 10.6 Å². The van der Waals surface area contributed by atoms with Gasteiger partial charge in [-0.2, -0.15) is 24.9 Å². The Morgan fingerprint density at radius 1 is 1.19 bits per heavy atom. The Hall–Kier alpha value is -0.680. The molecule has 0 saturated carbocycles. The molecule has 0 atom stereocenters. The van der Waals surface area contributed by atoms with Crippen molar-refractivity contribution in [1.82, 2.24) is 10.6 Å². The lowest BCUT2D eigenvalue weighted by Gasteiger charge is -2.23. The number of hydrogen-bond donors (Lipinski definition) is 2. The molecule has 0 fully saturated rings. The molecule has 0 radical (unpaired) electrons. The van der Waals surface area contributed by atoms with Crippen LogP contribution in [-0.4, -0.2) is 43.3 Å². The van der Waals surface area contributed by atoms with E-state index in [0.29, 0.717) is 18.1 Å². The molecular formula is C17H27F3IN3OS. The van der Waals surface area contributed by atoms with Crippen molar-refractivity contribution in [3.8, 4) is 0 Å². The molecule has 0 aliphatic rings. The summed E-state index contributed by atoms with van der Waals surface area (Å²) < 4.78 is 41.1. The molecule has 150 valence electrons. The normalized spacial score (nSPS) is 12.5. The Morgan fingerprint density at radius 3 is 2.42 bits per heavy atom. The van der Waals surface area contributed by atoms with E-state index in [1.807, 2.05) is 12.1 Å². The first-order valence-electron chi connectivity index (χ1n) is 7.87. The lowest BCUT2D eigenvalue weighted by atomic mass is 10.1. The van der Waals surface area contributed by atoms with Crippen LogP contribution in [0.1, 0.15) is 25.0 Å². The fraction of sp³-hybridized carbons (Fsp3) is 0.588. The molecule has 0 aromatic heterocycles. The van der Waals surface area contributed by atoms with Crippen molar-refractivity contribution in [3.63, 3.8) is 0 Å². The fourth-order valence-electron chi connectivity index (χ4n) is 1.89. The predicted molar refractivity (Wildman–Crippen MR) is 113 cm³/mol. The van der Waals surface area contributed by atoms with Crippen molar-refractivity contribution >= 4 is 41.7 Å². The van der Waals surface area contributed by atoms with Crippen LogP contribution in [0.5, 0.6) is 0 Å². The molecule has 1 aromatic rings. The second kappa shape index (κ2) is 11.9. The first kappa shape index (κ1) is 25.3. The van der Waals surface area contributed by atoms with Gasteiger partial charge in [-0.25, -0.2) is 0 Å². The van der Waals surface area contributed by atoms with E-state index in [1.165, 1.54) is 0 Å². The predicted octanol–water partition coefficient (Wildman–Crippen LogP) is 4.19. The fourth-order valence-corrected chi connectivity index (χ4v) is 2.11. The van der Waals surface area contributed by atoms with Gasteiger partial charge in [0.25, 0.3) is 0 Å². The largest absolute Gasteiger partial charge is 0.411 e. The van der Waals surface area contributed by atoms with Gasteiger partial charge in [-0.05, 0) is 31.2 Å². The molecule has 0 unspecified atom stereocenters. The zero-order valence-corrected chi connectivity index (χ0v) is 18.6. The number of hydrogen-bond acceptors (Lipinski definition) is 3. The Kier molecular flexibility index (Phi) is 11.6. The summed E-state index contributed by atoms with van der Waals surface area (Å²) in [5, 5.41) is 6.46. The maximum absolute atomic E-state index is 12.1. The van der Waals surface area contributed by atoms with Gasteiger partial charge in [0.2, 0.25) is 0 Å². The lowest BCUT2D eigenvalue weighted by molar-refractivity contribution is -0.176. The SMILES string of the molecule is CN=C(NCc1cccc(COCC(F)(F)F)c1)NCC(C)(C)SC.I. The van der Waals surface area contributed by atoms with E-state index in [-0.39, 0.29) is 35.3 Å². The van der Waals surface area contributed by atoms with Crippen molar-refractivity contribution in [2.45, 2.75) is 37.9 Å². The van der Waals surface area contributed by atoms with E-state index >= 15 is 0 Å². The molecule has 9 heteroatoms. The number of nitrogens with one attached hydrogen (secondary N) is 2. The summed E-state index contributed by atoms with van der Waals surface area (Å²) >= 11 is 1.77. The number of benzene rings is 1. The molecule has 26 heavy (non-hydrogen) atoms. The zero-order chi connectivity index (χ0) is 18.9. The summed E-state index contributed by atoms with van der Waals surface area (Å²) in [5.41, 5.74) is 1.65. The molecule has 0 aliphatic heterocycles. The van der Waals surface area contributed by atoms with Crippen molar-refractivity contribution in [2.24, 2.45) is 4.99 Å². The number of rotatable bonds is 8. The molecule has 0 aliphatic carbocycles. The van der Waals surface area contributed by atoms with Gasteiger partial charge in [0, 0.05) is 24.9 Å². The summed E-state index contributed by atoms with van der Waals surface area (Å²) in [6.07, 6.45) is -2.24. The molecule has 1 rings (SSSR count). The van der Waals surface area contributed by atoms with Gasteiger partial charge in [0.1, 0.15) is 6.61 Å². The van der Waals surface area contributed by atoms with Crippen LogP contribution in [0, 0.1) is 0 Å². The maximum Gasteiger partial charge on any atom is 0.411 e. The van der Waals surface area contributed by atoms with Gasteiger partial charge in [-0.15, -0.1) is 24.0 Å². The summed E-state index contributed by atoms with van der Waals surface area (Å²) in [6, 6.07) is 7.27. The first-order chi connectivity index (χ1) is 11.6. The van der Waals surface area contributed by atoms with Crippen molar-refractivity contribution in [3.05, 3.63) is 35.4 Å². The molecular weight excluding hydrogens is 478 g/mol. The summed E-state index contributed by atoms with van der Waals surface area (Å²) in [7, 11) is 1.70. The second-order valence-electron chi connectivity index (χ2n) is 6.17. The van der Waals surface area contributed by atoms with Crippen molar-refractivity contribution in [2.75, 3.05) is 26.5 Å². The number of ether oxygens (including phenoxy) is 1. The van der Waals surface area contributed by atoms with Crippen LogP contribution in [0.2, 0.25) is 0 Å². The molecule has 0 amide bonds. The molecule has 0 heterocycles.